The fourth-order valence-electron chi connectivity index (χ4n) is 1.59. The number of hydrogen-bond acceptors (Lipinski definition) is 4. The second-order valence-electron chi connectivity index (χ2n) is 3.49. The van der Waals surface area contributed by atoms with E-state index in [9.17, 15) is 9.18 Å². The zero-order valence-electron chi connectivity index (χ0n) is 10.2. The van der Waals surface area contributed by atoms with Gasteiger partial charge in [-0.05, 0) is 19.2 Å². The first-order chi connectivity index (χ1) is 8.15. The van der Waals surface area contributed by atoms with Gasteiger partial charge in [0.15, 0.2) is 5.78 Å². The van der Waals surface area contributed by atoms with Crippen molar-refractivity contribution in [3.05, 3.63) is 29.1 Å². The monoisotopic (exact) mass is 241 g/mol. The van der Waals surface area contributed by atoms with Crippen LogP contribution in [0.3, 0.4) is 0 Å². The summed E-state index contributed by atoms with van der Waals surface area (Å²) in [7, 11) is 4.54. The molecule has 94 valence electrons. The molecule has 0 amide bonds. The Labute approximate surface area is 99.7 Å². The molecule has 4 nitrogen and oxygen atoms in total. The summed E-state index contributed by atoms with van der Waals surface area (Å²) in [6, 6.07) is 2.67. The second kappa shape index (κ2) is 6.32. The Morgan fingerprint density at radius 1 is 1.41 bits per heavy atom. The van der Waals surface area contributed by atoms with Gasteiger partial charge in [-0.15, -0.1) is 0 Å². The highest BCUT2D eigenvalue weighted by atomic mass is 19.1. The van der Waals surface area contributed by atoms with Crippen LogP contribution < -0.4 is 10.1 Å². The summed E-state index contributed by atoms with van der Waals surface area (Å²) in [6.07, 6.45) is 0. The number of Topliss-reactive ketones (excluding diaryl/α,β-unsaturated/α-hetero) is 1. The molecule has 0 aromatic heterocycles. The van der Waals surface area contributed by atoms with E-state index in [4.69, 9.17) is 9.47 Å². The number of methoxy groups -OCH3 is 2. The largest absolute Gasteiger partial charge is 0.496 e. The standard InChI is InChI=1S/C12H16FNO3/c1-14-6-11(15)8-4-5-10(13)9(7-16-2)12(8)17-3/h4-5,14H,6-7H2,1-3H3. The third-order valence-electron chi connectivity index (χ3n) is 2.33. The van der Waals surface area contributed by atoms with Gasteiger partial charge in [-0.2, -0.15) is 0 Å². The van der Waals surface area contributed by atoms with Gasteiger partial charge in [0.1, 0.15) is 11.6 Å². The number of ketones is 1. The van der Waals surface area contributed by atoms with E-state index in [2.05, 4.69) is 5.32 Å². The number of rotatable bonds is 6. The number of ether oxygens (including phenoxy) is 2. The molecule has 0 aliphatic rings. The molecule has 0 bridgehead atoms. The Morgan fingerprint density at radius 2 is 2.12 bits per heavy atom. The summed E-state index contributed by atoms with van der Waals surface area (Å²) in [5, 5.41) is 2.75. The molecular formula is C12H16FNO3. The first-order valence-corrected chi connectivity index (χ1v) is 5.17. The van der Waals surface area contributed by atoms with Gasteiger partial charge in [-0.25, -0.2) is 4.39 Å². The number of benzene rings is 1. The van der Waals surface area contributed by atoms with E-state index in [1.807, 2.05) is 0 Å². The Kier molecular flexibility index (Phi) is 5.06. The topological polar surface area (TPSA) is 47.6 Å². The van der Waals surface area contributed by atoms with E-state index in [0.717, 1.165) is 0 Å². The summed E-state index contributed by atoms with van der Waals surface area (Å²) in [5.74, 6) is -0.349. The van der Waals surface area contributed by atoms with Crippen LogP contribution in [0.15, 0.2) is 12.1 Å². The van der Waals surface area contributed by atoms with Crippen molar-refractivity contribution in [1.29, 1.82) is 0 Å². The van der Waals surface area contributed by atoms with Crippen molar-refractivity contribution in [1.82, 2.24) is 5.32 Å². The lowest BCUT2D eigenvalue weighted by Crippen LogP contribution is -2.19. The molecule has 5 heteroatoms. The molecule has 0 fully saturated rings. The average molecular weight is 241 g/mol. The summed E-state index contributed by atoms with van der Waals surface area (Å²) in [6.45, 7) is 0.240. The SMILES string of the molecule is CNCC(=O)c1ccc(F)c(COC)c1OC. The zero-order chi connectivity index (χ0) is 12.8. The van der Waals surface area contributed by atoms with Crippen molar-refractivity contribution in [2.45, 2.75) is 6.61 Å². The maximum Gasteiger partial charge on any atom is 0.180 e. The second-order valence-corrected chi connectivity index (χ2v) is 3.49. The molecule has 0 aliphatic carbocycles. The number of halogens is 1. The minimum absolute atomic E-state index is 0.0652. The quantitative estimate of drug-likeness (QED) is 0.764. The molecule has 1 aromatic rings. The van der Waals surface area contributed by atoms with Crippen molar-refractivity contribution < 1.29 is 18.7 Å². The average Bonchev–Trinajstić information content (AvgIpc) is 2.32. The smallest absolute Gasteiger partial charge is 0.180 e. The maximum absolute atomic E-state index is 13.6. The van der Waals surface area contributed by atoms with Crippen LogP contribution in [0, 0.1) is 5.82 Å². The van der Waals surface area contributed by atoms with Gasteiger partial charge < -0.3 is 14.8 Å². The molecule has 0 radical (unpaired) electrons. The van der Waals surface area contributed by atoms with Gasteiger partial charge in [0.2, 0.25) is 0 Å². The van der Waals surface area contributed by atoms with Gasteiger partial charge >= 0.3 is 0 Å². The number of carbonyl (C=O) groups is 1. The Morgan fingerprint density at radius 3 is 2.65 bits per heavy atom. The first-order valence-electron chi connectivity index (χ1n) is 5.17. The number of hydrogen-bond donors (Lipinski definition) is 1. The van der Waals surface area contributed by atoms with E-state index in [1.165, 1.54) is 26.4 Å². The van der Waals surface area contributed by atoms with Crippen LogP contribution in [-0.2, 0) is 11.3 Å². The molecule has 1 aromatic carbocycles. The van der Waals surface area contributed by atoms with Gasteiger partial charge in [0, 0.05) is 7.11 Å². The Hall–Kier alpha value is -1.46. The molecular weight excluding hydrogens is 225 g/mol. The lowest BCUT2D eigenvalue weighted by atomic mass is 10.0. The maximum atomic E-state index is 13.6. The minimum atomic E-state index is -0.440. The van der Waals surface area contributed by atoms with Crippen LogP contribution in [0.25, 0.3) is 0 Å². The zero-order valence-corrected chi connectivity index (χ0v) is 10.2. The highest BCUT2D eigenvalue weighted by Gasteiger charge is 2.18. The summed E-state index contributed by atoms with van der Waals surface area (Å²) >= 11 is 0. The summed E-state index contributed by atoms with van der Waals surface area (Å²) in [5.41, 5.74) is 0.618. The van der Waals surface area contributed by atoms with Gasteiger partial charge in [-0.3, -0.25) is 4.79 Å². The molecule has 17 heavy (non-hydrogen) atoms. The van der Waals surface area contributed by atoms with E-state index >= 15 is 0 Å². The number of likely N-dealkylation sites (N-methyl/N-ethyl adjacent to an activating group) is 1. The number of carbonyl (C=O) groups excluding carboxylic acids is 1. The minimum Gasteiger partial charge on any atom is -0.496 e. The van der Waals surface area contributed by atoms with Crippen LogP contribution in [0.1, 0.15) is 15.9 Å². The van der Waals surface area contributed by atoms with Crippen molar-refractivity contribution in [2.24, 2.45) is 0 Å². The Bertz CT molecular complexity index is 407. The fourth-order valence-corrected chi connectivity index (χ4v) is 1.59. The van der Waals surface area contributed by atoms with Gasteiger partial charge in [0.25, 0.3) is 0 Å². The normalized spacial score (nSPS) is 10.4. The van der Waals surface area contributed by atoms with Crippen LogP contribution in [-0.4, -0.2) is 33.6 Å². The predicted octanol–water partition coefficient (Wildman–Crippen LogP) is 1.38. The molecule has 0 spiro atoms. The molecule has 0 aliphatic heterocycles. The van der Waals surface area contributed by atoms with E-state index in [0.29, 0.717) is 5.56 Å². The molecule has 0 heterocycles. The van der Waals surface area contributed by atoms with Crippen LogP contribution in [0.2, 0.25) is 0 Å². The van der Waals surface area contributed by atoms with Crippen LogP contribution >= 0.6 is 0 Å². The van der Waals surface area contributed by atoms with Crippen molar-refractivity contribution in [3.63, 3.8) is 0 Å². The highest BCUT2D eigenvalue weighted by Crippen LogP contribution is 2.27. The van der Waals surface area contributed by atoms with Crippen molar-refractivity contribution in [3.8, 4) is 5.75 Å². The number of nitrogens with one attached hydrogen (secondary N) is 1. The summed E-state index contributed by atoms with van der Waals surface area (Å²) in [4.78, 5) is 11.8. The molecule has 0 saturated heterocycles. The molecule has 0 saturated carbocycles. The predicted molar refractivity (Wildman–Crippen MR) is 61.9 cm³/mol. The van der Waals surface area contributed by atoms with E-state index < -0.39 is 5.82 Å². The highest BCUT2D eigenvalue weighted by molar-refractivity contribution is 6.00. The third-order valence-corrected chi connectivity index (χ3v) is 2.33. The van der Waals surface area contributed by atoms with Crippen LogP contribution in [0.4, 0.5) is 4.39 Å². The van der Waals surface area contributed by atoms with Crippen molar-refractivity contribution in [2.75, 3.05) is 27.8 Å². The first kappa shape index (κ1) is 13.6. The van der Waals surface area contributed by atoms with Gasteiger partial charge in [-0.1, -0.05) is 0 Å². The summed E-state index contributed by atoms with van der Waals surface area (Å²) < 4.78 is 23.6. The lowest BCUT2D eigenvalue weighted by molar-refractivity contribution is 0.0989. The van der Waals surface area contributed by atoms with Gasteiger partial charge in [0.05, 0.1) is 31.4 Å². The fraction of sp³-hybridized carbons (Fsp3) is 0.417. The molecule has 1 N–H and O–H groups in total. The van der Waals surface area contributed by atoms with Crippen LogP contribution in [0.5, 0.6) is 5.75 Å². The lowest BCUT2D eigenvalue weighted by Gasteiger charge is -2.13. The van der Waals surface area contributed by atoms with E-state index in [-0.39, 0.29) is 30.2 Å². The molecule has 0 atom stereocenters. The van der Waals surface area contributed by atoms with E-state index in [1.54, 1.807) is 7.05 Å². The van der Waals surface area contributed by atoms with Crippen molar-refractivity contribution >= 4 is 5.78 Å². The molecule has 1 rings (SSSR count). The third kappa shape index (κ3) is 3.01. The Balaban J connectivity index is 3.22. The molecule has 0 unspecified atom stereocenters.